The molecule has 0 aliphatic carbocycles. The second-order valence-electron chi connectivity index (χ2n) is 11.5. The molecule has 224 valence electrons. The summed E-state index contributed by atoms with van der Waals surface area (Å²) in [4.78, 5) is 15.8. The van der Waals surface area contributed by atoms with Gasteiger partial charge in [0.15, 0.2) is 0 Å². The van der Waals surface area contributed by atoms with E-state index < -0.39 is 0 Å². The Morgan fingerprint density at radius 2 is 1.55 bits per heavy atom. The number of thiocarbonyl (C=S) groups is 1. The van der Waals surface area contributed by atoms with Crippen LogP contribution in [0.4, 0.5) is 0 Å². The Kier molecular flexibility index (Phi) is 12.7. The van der Waals surface area contributed by atoms with E-state index in [1.165, 1.54) is 63.1 Å². The van der Waals surface area contributed by atoms with Gasteiger partial charge in [0, 0.05) is 23.9 Å². The Hall–Kier alpha value is -2.90. The van der Waals surface area contributed by atoms with Crippen LogP contribution >= 0.6 is 24.0 Å². The number of aromatic nitrogens is 2. The summed E-state index contributed by atoms with van der Waals surface area (Å²) in [7, 11) is 0. The van der Waals surface area contributed by atoms with E-state index in [0.717, 1.165) is 41.1 Å². The minimum Gasteiger partial charge on any atom is -0.493 e. The number of benzene rings is 2. The zero-order valence-electron chi connectivity index (χ0n) is 25.4. The van der Waals surface area contributed by atoms with Gasteiger partial charge >= 0.3 is 0 Å². The average Bonchev–Trinajstić information content (AvgIpc) is 3.53. The van der Waals surface area contributed by atoms with Gasteiger partial charge < -0.3 is 4.74 Å². The number of carbonyl (C=O) groups is 1. The van der Waals surface area contributed by atoms with Gasteiger partial charge in [0.05, 0.1) is 22.9 Å². The van der Waals surface area contributed by atoms with E-state index in [1.54, 1.807) is 4.90 Å². The van der Waals surface area contributed by atoms with Gasteiger partial charge in [-0.3, -0.25) is 9.69 Å². The Labute approximate surface area is 261 Å². The van der Waals surface area contributed by atoms with E-state index >= 15 is 0 Å². The lowest BCUT2D eigenvalue weighted by atomic mass is 10.1. The van der Waals surface area contributed by atoms with Crippen molar-refractivity contribution in [2.45, 2.75) is 85.0 Å². The predicted octanol–water partition coefficient (Wildman–Crippen LogP) is 9.70. The molecule has 1 amide bonds. The highest BCUT2D eigenvalue weighted by molar-refractivity contribution is 8.26. The fraction of sp³-hybridized carbons (Fsp3) is 0.457. The van der Waals surface area contributed by atoms with Crippen molar-refractivity contribution >= 4 is 40.3 Å². The van der Waals surface area contributed by atoms with Crippen LogP contribution in [-0.2, 0) is 4.79 Å². The topological polar surface area (TPSA) is 47.4 Å². The van der Waals surface area contributed by atoms with Crippen LogP contribution in [0.1, 0.15) is 90.5 Å². The first kappa shape index (κ1) is 32.0. The lowest BCUT2D eigenvalue weighted by molar-refractivity contribution is -0.122. The fourth-order valence-corrected chi connectivity index (χ4v) is 6.29. The maximum Gasteiger partial charge on any atom is 0.266 e. The number of amides is 1. The van der Waals surface area contributed by atoms with E-state index in [4.69, 9.17) is 22.1 Å². The summed E-state index contributed by atoms with van der Waals surface area (Å²) in [5, 5.41) is 4.93. The molecule has 0 N–H and O–H groups in total. The molecule has 42 heavy (non-hydrogen) atoms. The molecular weight excluding hydrogens is 559 g/mol. The Morgan fingerprint density at radius 3 is 2.19 bits per heavy atom. The smallest absolute Gasteiger partial charge is 0.266 e. The molecule has 0 bridgehead atoms. The first-order valence-electron chi connectivity index (χ1n) is 15.6. The summed E-state index contributed by atoms with van der Waals surface area (Å²) >= 11 is 7.03. The van der Waals surface area contributed by atoms with Crippen molar-refractivity contribution in [3.05, 3.63) is 71.3 Å². The standard InChI is InChI=1S/C35H45N3O2S2/c1-4-5-6-7-8-9-10-11-12-16-23-37-34(39)32(42-35(37)41)24-29-25-38(30-17-14-13-15-18-30)36-33(29)28-19-21-31(22-20-28)40-26-27(2)3/h13-15,17-22,24-25,27H,4-12,16,23,26H2,1-3H3. The summed E-state index contributed by atoms with van der Waals surface area (Å²) in [6.07, 6.45) is 16.6. The molecule has 0 radical (unpaired) electrons. The van der Waals surface area contributed by atoms with Gasteiger partial charge in [-0.1, -0.05) is 121 Å². The normalized spacial score (nSPS) is 14.5. The molecule has 0 saturated carbocycles. The van der Waals surface area contributed by atoms with Crippen LogP contribution in [0, 0.1) is 5.92 Å². The molecule has 5 nitrogen and oxygen atoms in total. The first-order valence-corrected chi connectivity index (χ1v) is 16.8. The fourth-order valence-electron chi connectivity index (χ4n) is 4.99. The van der Waals surface area contributed by atoms with Crippen LogP contribution in [-0.4, -0.2) is 38.1 Å². The van der Waals surface area contributed by atoms with Gasteiger partial charge in [0.25, 0.3) is 5.91 Å². The van der Waals surface area contributed by atoms with Crippen LogP contribution in [0.3, 0.4) is 0 Å². The quantitative estimate of drug-likeness (QED) is 0.0873. The monoisotopic (exact) mass is 603 g/mol. The molecule has 1 aliphatic rings. The number of unbranched alkanes of at least 4 members (excludes halogenated alkanes) is 9. The number of carbonyl (C=O) groups excluding carboxylic acids is 1. The SMILES string of the molecule is CCCCCCCCCCCCN1C(=O)C(=Cc2cn(-c3ccccc3)nc2-c2ccc(OCC(C)C)cc2)SC1=S. The Balaban J connectivity index is 1.42. The van der Waals surface area contributed by atoms with Crippen LogP contribution in [0.15, 0.2) is 65.7 Å². The molecule has 7 heteroatoms. The summed E-state index contributed by atoms with van der Waals surface area (Å²) in [5.74, 6) is 1.29. The first-order chi connectivity index (χ1) is 20.5. The third-order valence-corrected chi connectivity index (χ3v) is 8.75. The van der Waals surface area contributed by atoms with Crippen LogP contribution in [0.5, 0.6) is 5.75 Å². The van der Waals surface area contributed by atoms with Crippen molar-refractivity contribution in [2.75, 3.05) is 13.2 Å². The molecule has 1 saturated heterocycles. The van der Waals surface area contributed by atoms with E-state index in [2.05, 4.69) is 20.8 Å². The van der Waals surface area contributed by atoms with E-state index in [1.807, 2.05) is 71.6 Å². The largest absolute Gasteiger partial charge is 0.493 e. The molecule has 0 spiro atoms. The predicted molar refractivity (Wildman–Crippen MR) is 181 cm³/mol. The number of para-hydroxylation sites is 1. The van der Waals surface area contributed by atoms with Gasteiger partial charge in [-0.2, -0.15) is 5.10 Å². The lowest BCUT2D eigenvalue weighted by Gasteiger charge is -2.14. The summed E-state index contributed by atoms with van der Waals surface area (Å²) < 4.78 is 8.39. The maximum atomic E-state index is 13.4. The van der Waals surface area contributed by atoms with E-state index in [9.17, 15) is 4.79 Å². The number of ether oxygens (including phenoxy) is 1. The van der Waals surface area contributed by atoms with Gasteiger partial charge in [-0.05, 0) is 54.8 Å². The van der Waals surface area contributed by atoms with Crippen molar-refractivity contribution in [1.82, 2.24) is 14.7 Å². The molecule has 4 rings (SSSR count). The highest BCUT2D eigenvalue weighted by atomic mass is 32.2. The van der Waals surface area contributed by atoms with Crippen LogP contribution in [0.25, 0.3) is 23.0 Å². The highest BCUT2D eigenvalue weighted by Gasteiger charge is 2.32. The zero-order valence-corrected chi connectivity index (χ0v) is 27.0. The Morgan fingerprint density at radius 1 is 0.905 bits per heavy atom. The number of rotatable bonds is 17. The van der Waals surface area contributed by atoms with Gasteiger partial charge in [-0.15, -0.1) is 0 Å². The molecule has 3 aromatic rings. The zero-order chi connectivity index (χ0) is 29.7. The van der Waals surface area contributed by atoms with Gasteiger partial charge in [-0.25, -0.2) is 4.68 Å². The molecule has 2 aromatic carbocycles. The van der Waals surface area contributed by atoms with Crippen molar-refractivity contribution in [2.24, 2.45) is 5.92 Å². The van der Waals surface area contributed by atoms with Crippen molar-refractivity contribution in [3.8, 4) is 22.7 Å². The third-order valence-electron chi connectivity index (χ3n) is 7.37. The van der Waals surface area contributed by atoms with Crippen LogP contribution < -0.4 is 4.74 Å². The van der Waals surface area contributed by atoms with E-state index in [0.29, 0.717) is 28.3 Å². The van der Waals surface area contributed by atoms with Gasteiger partial charge in [0.2, 0.25) is 0 Å². The highest BCUT2D eigenvalue weighted by Crippen LogP contribution is 2.35. The Bertz CT molecular complexity index is 1320. The number of thioether (sulfide) groups is 1. The summed E-state index contributed by atoms with van der Waals surface area (Å²) in [6, 6.07) is 18.0. The molecule has 0 unspecified atom stereocenters. The number of hydrogen-bond acceptors (Lipinski definition) is 5. The summed E-state index contributed by atoms with van der Waals surface area (Å²) in [5.41, 5.74) is 3.63. The minimum absolute atomic E-state index is 0.00299. The maximum absolute atomic E-state index is 13.4. The second-order valence-corrected chi connectivity index (χ2v) is 13.1. The molecule has 1 aromatic heterocycles. The molecule has 2 heterocycles. The lowest BCUT2D eigenvalue weighted by Crippen LogP contribution is -2.29. The molecular formula is C35H45N3O2S2. The average molecular weight is 604 g/mol. The number of hydrogen-bond donors (Lipinski definition) is 0. The number of nitrogens with zero attached hydrogens (tertiary/aromatic N) is 3. The van der Waals surface area contributed by atoms with Crippen LogP contribution in [0.2, 0.25) is 0 Å². The van der Waals surface area contributed by atoms with E-state index in [-0.39, 0.29) is 5.91 Å². The van der Waals surface area contributed by atoms with Crippen molar-refractivity contribution in [3.63, 3.8) is 0 Å². The molecule has 1 aliphatic heterocycles. The van der Waals surface area contributed by atoms with Gasteiger partial charge in [0.1, 0.15) is 10.1 Å². The van der Waals surface area contributed by atoms with Crippen molar-refractivity contribution in [1.29, 1.82) is 0 Å². The molecule has 1 fully saturated rings. The third kappa shape index (κ3) is 9.30. The minimum atomic E-state index is -0.00299. The molecule has 0 atom stereocenters. The van der Waals surface area contributed by atoms with Crippen molar-refractivity contribution < 1.29 is 9.53 Å². The second kappa shape index (κ2) is 16.7. The summed E-state index contributed by atoms with van der Waals surface area (Å²) in [6.45, 7) is 7.89.